The Balaban J connectivity index is 1.36. The van der Waals surface area contributed by atoms with Crippen LogP contribution in [0.2, 0.25) is 0 Å². The van der Waals surface area contributed by atoms with Crippen molar-refractivity contribution in [2.24, 2.45) is 0 Å². The molecular weight excluding hydrogens is 417 g/mol. The molecule has 0 aliphatic carbocycles. The van der Waals surface area contributed by atoms with Crippen LogP contribution in [0, 0.1) is 12.7 Å². The zero-order valence-electron chi connectivity index (χ0n) is 17.4. The molecule has 0 unspecified atom stereocenters. The second kappa shape index (κ2) is 9.33. The van der Waals surface area contributed by atoms with E-state index in [4.69, 9.17) is 9.26 Å². The molecule has 11 heteroatoms. The summed E-state index contributed by atoms with van der Waals surface area (Å²) in [6, 6.07) is 11.5. The van der Waals surface area contributed by atoms with E-state index in [1.807, 2.05) is 31.2 Å². The van der Waals surface area contributed by atoms with Crippen LogP contribution >= 0.6 is 0 Å². The number of anilines is 1. The van der Waals surface area contributed by atoms with Gasteiger partial charge in [-0.2, -0.15) is 9.67 Å². The summed E-state index contributed by atoms with van der Waals surface area (Å²) in [5.74, 6) is 1.17. The average Bonchev–Trinajstić information content (AvgIpc) is 3.44. The molecular formula is C21H20FN7O3. The van der Waals surface area contributed by atoms with Gasteiger partial charge in [-0.15, -0.1) is 5.10 Å². The van der Waals surface area contributed by atoms with E-state index in [0.717, 1.165) is 11.3 Å². The molecule has 0 fully saturated rings. The number of ether oxygens (including phenoxy) is 1. The molecule has 2 heterocycles. The van der Waals surface area contributed by atoms with Crippen molar-refractivity contribution in [2.45, 2.75) is 26.7 Å². The van der Waals surface area contributed by atoms with Crippen LogP contribution in [0.4, 0.5) is 10.1 Å². The van der Waals surface area contributed by atoms with Crippen LogP contribution in [0.25, 0.3) is 17.1 Å². The van der Waals surface area contributed by atoms with E-state index in [9.17, 15) is 9.18 Å². The van der Waals surface area contributed by atoms with Gasteiger partial charge in [-0.05, 0) is 66.7 Å². The lowest BCUT2D eigenvalue weighted by Crippen LogP contribution is -2.13. The summed E-state index contributed by atoms with van der Waals surface area (Å²) in [5, 5.41) is 17.7. The van der Waals surface area contributed by atoms with E-state index >= 15 is 0 Å². The molecule has 32 heavy (non-hydrogen) atoms. The second-order valence-electron chi connectivity index (χ2n) is 6.82. The van der Waals surface area contributed by atoms with Crippen LogP contribution in [-0.2, 0) is 11.2 Å². The lowest BCUT2D eigenvalue weighted by Gasteiger charge is -2.08. The number of carbonyl (C=O) groups is 1. The maximum Gasteiger partial charge on any atom is 0.227 e. The standard InChI is InChI=1S/C21H20FN7O3/c1-3-31-16-7-4-14(5-8-16)21-24-20(32-26-21)11-10-19(30)23-15-6-9-17(22)18(12-15)29-13(2)25-27-28-29/h4-9,12H,3,10-11H2,1-2H3,(H,23,30). The molecule has 1 amide bonds. The number of aryl methyl sites for hydroxylation is 2. The Kier molecular flexibility index (Phi) is 6.15. The number of aromatic nitrogens is 6. The van der Waals surface area contributed by atoms with Crippen molar-refractivity contribution in [1.82, 2.24) is 30.3 Å². The third kappa shape index (κ3) is 4.77. The Morgan fingerprint density at radius 3 is 2.75 bits per heavy atom. The number of carbonyl (C=O) groups excluding carboxylic acids is 1. The van der Waals surface area contributed by atoms with Gasteiger partial charge in [0.2, 0.25) is 17.6 Å². The molecule has 1 N–H and O–H groups in total. The second-order valence-corrected chi connectivity index (χ2v) is 6.82. The third-order valence-corrected chi connectivity index (χ3v) is 4.54. The predicted molar refractivity (Wildman–Crippen MR) is 112 cm³/mol. The van der Waals surface area contributed by atoms with E-state index in [0.29, 0.717) is 29.8 Å². The van der Waals surface area contributed by atoms with Gasteiger partial charge >= 0.3 is 0 Å². The fourth-order valence-electron chi connectivity index (χ4n) is 2.99. The van der Waals surface area contributed by atoms with E-state index in [1.165, 1.54) is 22.9 Å². The minimum absolute atomic E-state index is 0.113. The van der Waals surface area contributed by atoms with Crippen LogP contribution in [0.5, 0.6) is 5.75 Å². The summed E-state index contributed by atoms with van der Waals surface area (Å²) in [4.78, 5) is 16.7. The first-order valence-corrected chi connectivity index (χ1v) is 9.94. The van der Waals surface area contributed by atoms with Crippen molar-refractivity contribution < 1.29 is 18.4 Å². The molecule has 0 bridgehead atoms. The third-order valence-electron chi connectivity index (χ3n) is 4.54. The number of hydrogen-bond acceptors (Lipinski definition) is 8. The summed E-state index contributed by atoms with van der Waals surface area (Å²) < 4.78 is 26.1. The highest BCUT2D eigenvalue weighted by molar-refractivity contribution is 5.91. The smallest absolute Gasteiger partial charge is 0.227 e. The summed E-state index contributed by atoms with van der Waals surface area (Å²) in [6.07, 6.45) is 0.373. The molecule has 2 aromatic heterocycles. The van der Waals surface area contributed by atoms with Crippen molar-refractivity contribution in [2.75, 3.05) is 11.9 Å². The number of nitrogens with zero attached hydrogens (tertiary/aromatic N) is 6. The fraction of sp³-hybridized carbons (Fsp3) is 0.238. The van der Waals surface area contributed by atoms with Gasteiger partial charge in [-0.25, -0.2) is 4.39 Å². The molecule has 2 aromatic carbocycles. The van der Waals surface area contributed by atoms with Gasteiger partial charge in [0.15, 0.2) is 5.82 Å². The lowest BCUT2D eigenvalue weighted by atomic mass is 10.2. The minimum atomic E-state index is -0.508. The minimum Gasteiger partial charge on any atom is -0.494 e. The molecule has 0 saturated carbocycles. The van der Waals surface area contributed by atoms with Gasteiger partial charge in [0.25, 0.3) is 0 Å². The summed E-state index contributed by atoms with van der Waals surface area (Å²) >= 11 is 0. The zero-order valence-corrected chi connectivity index (χ0v) is 17.4. The molecule has 0 spiro atoms. The highest BCUT2D eigenvalue weighted by atomic mass is 19.1. The van der Waals surface area contributed by atoms with Crippen LogP contribution in [0.1, 0.15) is 25.1 Å². The van der Waals surface area contributed by atoms with Gasteiger partial charge in [0.1, 0.15) is 17.3 Å². The number of nitrogens with one attached hydrogen (secondary N) is 1. The fourth-order valence-corrected chi connectivity index (χ4v) is 2.99. The number of rotatable bonds is 8. The van der Waals surface area contributed by atoms with Gasteiger partial charge in [-0.1, -0.05) is 5.16 Å². The summed E-state index contributed by atoms with van der Waals surface area (Å²) in [5.41, 5.74) is 1.34. The Morgan fingerprint density at radius 2 is 2.03 bits per heavy atom. The van der Waals surface area contributed by atoms with E-state index in [-0.39, 0.29) is 24.4 Å². The Bertz CT molecular complexity index is 1220. The summed E-state index contributed by atoms with van der Waals surface area (Å²) in [6.45, 7) is 4.15. The molecule has 0 atom stereocenters. The van der Waals surface area contributed by atoms with Crippen molar-refractivity contribution >= 4 is 11.6 Å². The van der Waals surface area contributed by atoms with E-state index in [1.54, 1.807) is 6.92 Å². The Labute approximate surface area is 182 Å². The highest BCUT2D eigenvalue weighted by Crippen LogP contribution is 2.21. The SMILES string of the molecule is CCOc1ccc(-c2noc(CCC(=O)Nc3ccc(F)c(-n4nnnc4C)c3)n2)cc1. The predicted octanol–water partition coefficient (Wildman–Crippen LogP) is 3.13. The van der Waals surface area contributed by atoms with Crippen LogP contribution in [0.3, 0.4) is 0 Å². The zero-order chi connectivity index (χ0) is 22.5. The van der Waals surface area contributed by atoms with E-state index < -0.39 is 5.82 Å². The number of tetrazole rings is 1. The first-order valence-electron chi connectivity index (χ1n) is 9.94. The van der Waals surface area contributed by atoms with Crippen molar-refractivity contribution in [1.29, 1.82) is 0 Å². The Morgan fingerprint density at radius 1 is 1.22 bits per heavy atom. The molecule has 0 aliphatic rings. The van der Waals surface area contributed by atoms with Gasteiger partial charge in [0, 0.05) is 24.1 Å². The first kappa shape index (κ1) is 21.1. The van der Waals surface area contributed by atoms with Crippen LogP contribution in [0.15, 0.2) is 47.0 Å². The Hall–Kier alpha value is -4.15. The monoisotopic (exact) mass is 437 g/mol. The summed E-state index contributed by atoms with van der Waals surface area (Å²) in [7, 11) is 0. The molecule has 0 saturated heterocycles. The molecule has 164 valence electrons. The van der Waals surface area contributed by atoms with Gasteiger partial charge in [-0.3, -0.25) is 4.79 Å². The van der Waals surface area contributed by atoms with Crippen molar-refractivity contribution in [3.05, 3.63) is 60.0 Å². The van der Waals surface area contributed by atoms with Gasteiger partial charge in [0.05, 0.1) is 6.61 Å². The highest BCUT2D eigenvalue weighted by Gasteiger charge is 2.14. The number of halogens is 1. The number of benzene rings is 2. The lowest BCUT2D eigenvalue weighted by molar-refractivity contribution is -0.116. The normalized spacial score (nSPS) is 10.8. The van der Waals surface area contributed by atoms with E-state index in [2.05, 4.69) is 31.0 Å². The maximum atomic E-state index is 14.2. The number of hydrogen-bond donors (Lipinski definition) is 1. The number of amides is 1. The quantitative estimate of drug-likeness (QED) is 0.446. The van der Waals surface area contributed by atoms with Crippen molar-refractivity contribution in [3.8, 4) is 22.8 Å². The molecule has 0 radical (unpaired) electrons. The molecule has 10 nitrogen and oxygen atoms in total. The molecule has 4 rings (SSSR count). The van der Waals surface area contributed by atoms with Crippen molar-refractivity contribution in [3.63, 3.8) is 0 Å². The first-order chi connectivity index (χ1) is 15.5. The van der Waals surface area contributed by atoms with Crippen LogP contribution in [-0.4, -0.2) is 42.9 Å². The van der Waals surface area contributed by atoms with Gasteiger partial charge < -0.3 is 14.6 Å². The average molecular weight is 437 g/mol. The molecule has 4 aromatic rings. The topological polar surface area (TPSA) is 121 Å². The maximum absolute atomic E-state index is 14.2. The van der Waals surface area contributed by atoms with Crippen LogP contribution < -0.4 is 10.1 Å². The molecule has 0 aliphatic heterocycles. The largest absolute Gasteiger partial charge is 0.494 e.